The number of hydrogen-bond acceptors (Lipinski definition) is 3. The van der Waals surface area contributed by atoms with E-state index in [1.807, 2.05) is 0 Å². The highest BCUT2D eigenvalue weighted by atomic mass is 32.2. The van der Waals surface area contributed by atoms with Gasteiger partial charge in [-0.25, -0.2) is 0 Å². The molecule has 0 unspecified atom stereocenters. The van der Waals surface area contributed by atoms with Gasteiger partial charge in [-0.1, -0.05) is 13.2 Å². The summed E-state index contributed by atoms with van der Waals surface area (Å²) in [5, 5.41) is 0. The minimum atomic E-state index is -4.29. The van der Waals surface area contributed by atoms with Crippen molar-refractivity contribution < 1.29 is 17.8 Å². The summed E-state index contributed by atoms with van der Waals surface area (Å²) in [6.07, 6.45) is -0.339. The molecule has 0 fully saturated rings. The second kappa shape index (κ2) is 3.51. The summed E-state index contributed by atoms with van der Waals surface area (Å²) in [4.78, 5) is 9.87. The number of rotatable bonds is 4. The van der Waals surface area contributed by atoms with Crippen LogP contribution in [0.5, 0.6) is 0 Å². The van der Waals surface area contributed by atoms with Crippen LogP contribution in [-0.4, -0.2) is 18.9 Å². The van der Waals surface area contributed by atoms with E-state index in [4.69, 9.17) is 10.3 Å². The molecule has 0 aliphatic rings. The van der Waals surface area contributed by atoms with Gasteiger partial charge in [-0.2, -0.15) is 8.42 Å². The zero-order chi connectivity index (χ0) is 9.94. The molecule has 0 aliphatic heterocycles. The van der Waals surface area contributed by atoms with Gasteiger partial charge in [0, 0.05) is 12.0 Å². The highest BCUT2D eigenvalue weighted by Gasteiger charge is 2.13. The van der Waals surface area contributed by atoms with Gasteiger partial charge >= 0.3 is 0 Å². The zero-order valence-electron chi connectivity index (χ0n) is 6.28. The van der Waals surface area contributed by atoms with Crippen molar-refractivity contribution in [2.45, 2.75) is 6.42 Å². The van der Waals surface area contributed by atoms with Crippen LogP contribution in [0.15, 0.2) is 23.6 Å². The van der Waals surface area contributed by atoms with Gasteiger partial charge in [0.1, 0.15) is 0 Å². The van der Waals surface area contributed by atoms with Crippen molar-refractivity contribution in [2.75, 3.05) is 0 Å². The monoisotopic (exact) mass is 191 g/mol. The molecule has 0 atom stereocenters. The van der Waals surface area contributed by atoms with Crippen LogP contribution >= 0.6 is 0 Å². The number of allylic oxidation sites excluding steroid dienone is 1. The van der Waals surface area contributed by atoms with Gasteiger partial charge in [0.2, 0.25) is 5.91 Å². The SMILES string of the molecule is C=C(CC(=C)S(=O)(=O)O)C(N)=O. The Bertz CT molecular complexity index is 327. The average molecular weight is 191 g/mol. The summed E-state index contributed by atoms with van der Waals surface area (Å²) in [5.74, 6) is -0.820. The normalized spacial score (nSPS) is 10.8. The predicted octanol–water partition coefficient (Wildman–Crippen LogP) is -0.180. The van der Waals surface area contributed by atoms with Gasteiger partial charge < -0.3 is 5.73 Å². The highest BCUT2D eigenvalue weighted by Crippen LogP contribution is 2.11. The Kier molecular flexibility index (Phi) is 3.17. The van der Waals surface area contributed by atoms with Crippen molar-refractivity contribution >= 4 is 16.0 Å². The molecule has 3 N–H and O–H groups in total. The Morgan fingerprint density at radius 1 is 1.42 bits per heavy atom. The Hall–Kier alpha value is -1.14. The van der Waals surface area contributed by atoms with Crippen LogP contribution in [0.4, 0.5) is 0 Å². The van der Waals surface area contributed by atoms with E-state index in [2.05, 4.69) is 13.2 Å². The minimum absolute atomic E-state index is 0.113. The van der Waals surface area contributed by atoms with Gasteiger partial charge in [0.05, 0.1) is 4.91 Å². The smallest absolute Gasteiger partial charge is 0.290 e. The molecule has 1 amide bonds. The van der Waals surface area contributed by atoms with Crippen molar-refractivity contribution in [3.63, 3.8) is 0 Å². The van der Waals surface area contributed by atoms with E-state index < -0.39 is 20.9 Å². The molecule has 0 heterocycles. The van der Waals surface area contributed by atoms with Crippen LogP contribution in [0, 0.1) is 0 Å². The number of carbonyl (C=O) groups is 1. The van der Waals surface area contributed by atoms with Gasteiger partial charge in [-0.05, 0) is 0 Å². The Morgan fingerprint density at radius 3 is 2.08 bits per heavy atom. The first kappa shape index (κ1) is 10.9. The first-order valence-electron chi connectivity index (χ1n) is 2.88. The summed E-state index contributed by atoms with van der Waals surface area (Å²) in [7, 11) is -4.29. The molecule has 0 bridgehead atoms. The van der Waals surface area contributed by atoms with Crippen molar-refractivity contribution in [3.05, 3.63) is 23.6 Å². The fraction of sp³-hybridized carbons (Fsp3) is 0.167. The molecular weight excluding hydrogens is 182 g/mol. The summed E-state index contributed by atoms with van der Waals surface area (Å²) in [5.41, 5.74) is 4.66. The topological polar surface area (TPSA) is 97.5 Å². The Labute approximate surface area is 70.3 Å². The lowest BCUT2D eigenvalue weighted by Crippen LogP contribution is -2.14. The van der Waals surface area contributed by atoms with Crippen molar-refractivity contribution in [1.29, 1.82) is 0 Å². The minimum Gasteiger partial charge on any atom is -0.366 e. The highest BCUT2D eigenvalue weighted by molar-refractivity contribution is 7.89. The summed E-state index contributed by atoms with van der Waals surface area (Å²) in [6.45, 7) is 6.24. The maximum Gasteiger partial charge on any atom is 0.290 e. The molecule has 68 valence electrons. The third kappa shape index (κ3) is 3.31. The largest absolute Gasteiger partial charge is 0.366 e. The first-order valence-corrected chi connectivity index (χ1v) is 4.32. The lowest BCUT2D eigenvalue weighted by atomic mass is 10.2. The molecule has 6 heteroatoms. The van der Waals surface area contributed by atoms with Crippen LogP contribution in [-0.2, 0) is 14.9 Å². The number of hydrogen-bond donors (Lipinski definition) is 2. The Morgan fingerprint density at radius 2 is 1.83 bits per heavy atom. The number of primary amides is 1. The molecular formula is C6H9NO4S. The summed E-state index contributed by atoms with van der Waals surface area (Å²) >= 11 is 0. The van der Waals surface area contributed by atoms with E-state index in [9.17, 15) is 13.2 Å². The number of amides is 1. The lowest BCUT2D eigenvalue weighted by molar-refractivity contribution is -0.114. The molecule has 0 spiro atoms. The first-order chi connectivity index (χ1) is 5.25. The van der Waals surface area contributed by atoms with Crippen LogP contribution in [0.2, 0.25) is 0 Å². The van der Waals surface area contributed by atoms with Gasteiger partial charge in [0.15, 0.2) is 0 Å². The lowest BCUT2D eigenvalue weighted by Gasteiger charge is -2.01. The van der Waals surface area contributed by atoms with Crippen molar-refractivity contribution in [2.24, 2.45) is 5.73 Å². The summed E-state index contributed by atoms with van der Waals surface area (Å²) in [6, 6.07) is 0. The van der Waals surface area contributed by atoms with Gasteiger partial charge in [-0.3, -0.25) is 9.35 Å². The van der Waals surface area contributed by atoms with Gasteiger partial charge in [-0.15, -0.1) is 0 Å². The molecule has 5 nitrogen and oxygen atoms in total. The van der Waals surface area contributed by atoms with Crippen molar-refractivity contribution in [1.82, 2.24) is 0 Å². The fourth-order valence-electron chi connectivity index (χ4n) is 0.416. The van der Waals surface area contributed by atoms with E-state index in [-0.39, 0.29) is 12.0 Å². The molecule has 0 aromatic carbocycles. The number of carbonyl (C=O) groups excluding carboxylic acids is 1. The molecule has 12 heavy (non-hydrogen) atoms. The molecule has 0 saturated heterocycles. The molecule has 0 aromatic heterocycles. The standard InChI is InChI=1S/C6H9NO4S/c1-4(6(7)8)3-5(2)12(9,10)11/h1-3H2,(H2,7,8)(H,9,10,11). The predicted molar refractivity (Wildman–Crippen MR) is 43.6 cm³/mol. The van der Waals surface area contributed by atoms with E-state index in [1.54, 1.807) is 0 Å². The quantitative estimate of drug-likeness (QED) is 0.475. The maximum atomic E-state index is 10.4. The molecule has 0 saturated carbocycles. The van der Waals surface area contributed by atoms with E-state index in [0.717, 1.165) is 0 Å². The van der Waals surface area contributed by atoms with Crippen LogP contribution < -0.4 is 5.73 Å². The van der Waals surface area contributed by atoms with E-state index in [1.165, 1.54) is 0 Å². The van der Waals surface area contributed by atoms with E-state index in [0.29, 0.717) is 0 Å². The van der Waals surface area contributed by atoms with Crippen LogP contribution in [0.25, 0.3) is 0 Å². The van der Waals surface area contributed by atoms with Crippen molar-refractivity contribution in [3.8, 4) is 0 Å². The molecule has 0 rings (SSSR count). The number of nitrogens with two attached hydrogens (primary N) is 1. The third-order valence-corrected chi connectivity index (χ3v) is 2.00. The average Bonchev–Trinajstić information content (AvgIpc) is 1.85. The molecule has 0 aliphatic carbocycles. The molecule has 0 radical (unpaired) electrons. The second-order valence-corrected chi connectivity index (χ2v) is 3.69. The van der Waals surface area contributed by atoms with E-state index >= 15 is 0 Å². The van der Waals surface area contributed by atoms with Crippen LogP contribution in [0.3, 0.4) is 0 Å². The Balaban J connectivity index is 4.42. The second-order valence-electron chi connectivity index (χ2n) is 2.16. The summed E-state index contributed by atoms with van der Waals surface area (Å²) < 4.78 is 29.1. The maximum absolute atomic E-state index is 10.4. The van der Waals surface area contributed by atoms with Crippen LogP contribution in [0.1, 0.15) is 6.42 Å². The molecule has 0 aromatic rings. The van der Waals surface area contributed by atoms with Gasteiger partial charge in [0.25, 0.3) is 10.1 Å². The zero-order valence-corrected chi connectivity index (χ0v) is 7.10. The fourth-order valence-corrected chi connectivity index (χ4v) is 0.773. The third-order valence-electron chi connectivity index (χ3n) is 1.12.